The Morgan fingerprint density at radius 3 is 2.12 bits per heavy atom. The van der Waals surface area contributed by atoms with Gasteiger partial charge in [-0.1, -0.05) is 12.1 Å². The molecule has 0 saturated carbocycles. The molecule has 6 nitrogen and oxygen atoms in total. The van der Waals surface area contributed by atoms with E-state index < -0.39 is 0 Å². The molecule has 4 rings (SSSR count). The lowest BCUT2D eigenvalue weighted by atomic mass is 10.2. The first kappa shape index (κ1) is 22.3. The first-order chi connectivity index (χ1) is 16.2. The molecule has 0 fully saturated rings. The summed E-state index contributed by atoms with van der Waals surface area (Å²) in [5.74, 6) is 4.30. The van der Waals surface area contributed by atoms with Gasteiger partial charge in [0.1, 0.15) is 23.0 Å². The molecule has 0 aliphatic rings. The van der Waals surface area contributed by atoms with Crippen LogP contribution in [0.1, 0.15) is 12.0 Å². The summed E-state index contributed by atoms with van der Waals surface area (Å²) in [4.78, 5) is 4.41. The molecule has 3 aromatic carbocycles. The van der Waals surface area contributed by atoms with Gasteiger partial charge in [-0.3, -0.25) is 4.98 Å². The second-order valence-electron chi connectivity index (χ2n) is 7.47. The van der Waals surface area contributed by atoms with Crippen molar-refractivity contribution in [3.8, 4) is 34.5 Å². The van der Waals surface area contributed by atoms with Crippen molar-refractivity contribution in [1.29, 1.82) is 0 Å². The van der Waals surface area contributed by atoms with Gasteiger partial charge in [0, 0.05) is 24.1 Å². The van der Waals surface area contributed by atoms with Crippen molar-refractivity contribution in [2.45, 2.75) is 13.3 Å². The third-order valence-electron chi connectivity index (χ3n) is 5.07. The number of aryl methyl sites for hydroxylation is 1. The van der Waals surface area contributed by atoms with Crippen LogP contribution in [0.5, 0.6) is 34.5 Å². The second-order valence-corrected chi connectivity index (χ2v) is 7.47. The Kier molecular flexibility index (Phi) is 7.15. The van der Waals surface area contributed by atoms with Gasteiger partial charge in [-0.15, -0.1) is 0 Å². The van der Waals surface area contributed by atoms with E-state index in [0.29, 0.717) is 36.2 Å². The molecule has 33 heavy (non-hydrogen) atoms. The van der Waals surface area contributed by atoms with Crippen LogP contribution in [0.4, 0.5) is 0 Å². The molecule has 170 valence electrons. The van der Waals surface area contributed by atoms with Gasteiger partial charge in [-0.25, -0.2) is 0 Å². The Bertz CT molecular complexity index is 1210. The molecule has 0 unspecified atom stereocenters. The summed E-state index contributed by atoms with van der Waals surface area (Å²) < 4.78 is 28.5. The molecular weight excluding hydrogens is 418 g/mol. The van der Waals surface area contributed by atoms with E-state index in [1.54, 1.807) is 20.4 Å². The highest BCUT2D eigenvalue weighted by Crippen LogP contribution is 2.37. The van der Waals surface area contributed by atoms with Gasteiger partial charge < -0.3 is 23.7 Å². The monoisotopic (exact) mass is 445 g/mol. The molecule has 1 aromatic heterocycles. The van der Waals surface area contributed by atoms with E-state index >= 15 is 0 Å². The van der Waals surface area contributed by atoms with Crippen LogP contribution in [0.2, 0.25) is 0 Å². The summed E-state index contributed by atoms with van der Waals surface area (Å²) in [6.07, 6.45) is 2.50. The van der Waals surface area contributed by atoms with E-state index in [2.05, 4.69) is 18.0 Å². The molecule has 0 bridgehead atoms. The normalized spacial score (nSPS) is 10.6. The van der Waals surface area contributed by atoms with Crippen molar-refractivity contribution in [2.75, 3.05) is 27.4 Å². The largest absolute Gasteiger partial charge is 0.493 e. The van der Waals surface area contributed by atoms with E-state index in [0.717, 1.165) is 28.8 Å². The smallest absolute Gasteiger partial charge is 0.162 e. The van der Waals surface area contributed by atoms with Crippen molar-refractivity contribution >= 4 is 10.9 Å². The van der Waals surface area contributed by atoms with Gasteiger partial charge in [0.05, 0.1) is 33.0 Å². The zero-order valence-electron chi connectivity index (χ0n) is 19.0. The minimum absolute atomic E-state index is 0.572. The van der Waals surface area contributed by atoms with E-state index in [9.17, 15) is 0 Å². The van der Waals surface area contributed by atoms with Gasteiger partial charge in [-0.05, 0) is 61.0 Å². The number of fused-ring (bicyclic) bond motifs is 1. The SMILES string of the molecule is COc1cc2nccc(Oc3ccc(OCCCOc4cccc(C)c4)cc3)c2cc1OC. The topological polar surface area (TPSA) is 59.0 Å². The highest BCUT2D eigenvalue weighted by Gasteiger charge is 2.11. The van der Waals surface area contributed by atoms with Crippen molar-refractivity contribution in [2.24, 2.45) is 0 Å². The number of hydrogen-bond donors (Lipinski definition) is 0. The molecule has 1 heterocycles. The van der Waals surface area contributed by atoms with Crippen LogP contribution in [0, 0.1) is 6.92 Å². The average Bonchev–Trinajstić information content (AvgIpc) is 2.84. The Morgan fingerprint density at radius 1 is 0.697 bits per heavy atom. The van der Waals surface area contributed by atoms with E-state index in [4.69, 9.17) is 23.7 Å². The third-order valence-corrected chi connectivity index (χ3v) is 5.07. The fourth-order valence-corrected chi connectivity index (χ4v) is 3.41. The molecule has 0 amide bonds. The summed E-state index contributed by atoms with van der Waals surface area (Å²) >= 11 is 0. The number of ether oxygens (including phenoxy) is 5. The number of aromatic nitrogens is 1. The highest BCUT2D eigenvalue weighted by molar-refractivity contribution is 5.88. The van der Waals surface area contributed by atoms with Gasteiger partial charge in [0.25, 0.3) is 0 Å². The molecular formula is C27H27NO5. The van der Waals surface area contributed by atoms with Crippen LogP contribution in [0.3, 0.4) is 0 Å². The van der Waals surface area contributed by atoms with Gasteiger partial charge in [-0.2, -0.15) is 0 Å². The predicted octanol–water partition coefficient (Wildman–Crippen LogP) is 6.20. The molecule has 0 radical (unpaired) electrons. The van der Waals surface area contributed by atoms with E-state index in [-0.39, 0.29) is 0 Å². The van der Waals surface area contributed by atoms with Crippen LogP contribution in [-0.2, 0) is 0 Å². The molecule has 0 aliphatic heterocycles. The minimum atomic E-state index is 0.572. The zero-order valence-corrected chi connectivity index (χ0v) is 19.0. The lowest BCUT2D eigenvalue weighted by Crippen LogP contribution is -2.05. The first-order valence-corrected chi connectivity index (χ1v) is 10.8. The summed E-state index contributed by atoms with van der Waals surface area (Å²) in [5.41, 5.74) is 1.95. The Hall–Kier alpha value is -3.93. The molecule has 0 aliphatic carbocycles. The van der Waals surface area contributed by atoms with Crippen LogP contribution in [0.25, 0.3) is 10.9 Å². The van der Waals surface area contributed by atoms with E-state index in [1.807, 2.05) is 60.7 Å². The summed E-state index contributed by atoms with van der Waals surface area (Å²) in [7, 11) is 3.21. The zero-order chi connectivity index (χ0) is 23.0. The second kappa shape index (κ2) is 10.6. The summed E-state index contributed by atoms with van der Waals surface area (Å²) in [5, 5.41) is 0.837. The van der Waals surface area contributed by atoms with Crippen molar-refractivity contribution < 1.29 is 23.7 Å². The number of hydrogen-bond acceptors (Lipinski definition) is 6. The predicted molar refractivity (Wildman–Crippen MR) is 128 cm³/mol. The maximum Gasteiger partial charge on any atom is 0.162 e. The van der Waals surface area contributed by atoms with Crippen LogP contribution >= 0.6 is 0 Å². The molecule has 0 saturated heterocycles. The standard InChI is InChI=1S/C27H27NO5/c1-19-6-4-7-22(16-19)32-15-5-14-31-20-8-10-21(11-9-20)33-25-12-13-28-24-18-27(30-3)26(29-2)17-23(24)25/h4,6-13,16-18H,5,14-15H2,1-3H3. The van der Waals surface area contributed by atoms with Crippen molar-refractivity contribution in [3.63, 3.8) is 0 Å². The Balaban J connectivity index is 1.33. The Labute approximate surface area is 193 Å². The fraction of sp³-hybridized carbons (Fsp3) is 0.222. The van der Waals surface area contributed by atoms with Gasteiger partial charge in [0.2, 0.25) is 0 Å². The fourth-order valence-electron chi connectivity index (χ4n) is 3.41. The number of benzene rings is 3. The minimum Gasteiger partial charge on any atom is -0.493 e. The number of methoxy groups -OCH3 is 2. The van der Waals surface area contributed by atoms with E-state index in [1.165, 1.54) is 5.56 Å². The first-order valence-electron chi connectivity index (χ1n) is 10.8. The summed E-state index contributed by atoms with van der Waals surface area (Å²) in [6.45, 7) is 3.23. The average molecular weight is 446 g/mol. The molecule has 4 aromatic rings. The quantitative estimate of drug-likeness (QED) is 0.271. The van der Waals surface area contributed by atoms with Crippen LogP contribution in [-0.4, -0.2) is 32.4 Å². The van der Waals surface area contributed by atoms with Crippen LogP contribution < -0.4 is 23.7 Å². The molecule has 0 N–H and O–H groups in total. The highest BCUT2D eigenvalue weighted by atomic mass is 16.5. The maximum absolute atomic E-state index is 6.11. The van der Waals surface area contributed by atoms with Gasteiger partial charge >= 0.3 is 0 Å². The molecule has 6 heteroatoms. The molecule has 0 atom stereocenters. The third kappa shape index (κ3) is 5.66. The number of nitrogens with zero attached hydrogens (tertiary/aromatic N) is 1. The van der Waals surface area contributed by atoms with Crippen LogP contribution in [0.15, 0.2) is 72.9 Å². The number of pyridine rings is 1. The Morgan fingerprint density at radius 2 is 1.39 bits per heavy atom. The van der Waals surface area contributed by atoms with Crippen molar-refractivity contribution in [1.82, 2.24) is 4.98 Å². The maximum atomic E-state index is 6.11. The number of rotatable bonds is 10. The summed E-state index contributed by atoms with van der Waals surface area (Å²) in [6, 6.07) is 21.1. The van der Waals surface area contributed by atoms with Gasteiger partial charge in [0.15, 0.2) is 11.5 Å². The lowest BCUT2D eigenvalue weighted by Gasteiger charge is -2.13. The molecule has 0 spiro atoms. The lowest BCUT2D eigenvalue weighted by molar-refractivity contribution is 0.247. The van der Waals surface area contributed by atoms with Crippen molar-refractivity contribution in [3.05, 3.63) is 78.5 Å².